The molecule has 0 bridgehead atoms. The second-order valence-electron chi connectivity index (χ2n) is 11.1. The summed E-state index contributed by atoms with van der Waals surface area (Å²) < 4.78 is 50.4. The zero-order valence-electron chi connectivity index (χ0n) is 25.4. The summed E-state index contributed by atoms with van der Waals surface area (Å²) in [5.41, 5.74) is 0.303. The Morgan fingerprint density at radius 2 is 1.09 bits per heavy atom. The van der Waals surface area contributed by atoms with E-state index in [1.165, 1.54) is 0 Å². The molecule has 0 aliphatic carbocycles. The van der Waals surface area contributed by atoms with E-state index in [1.54, 1.807) is 0 Å². The van der Waals surface area contributed by atoms with E-state index in [0.29, 0.717) is 6.42 Å². The number of ether oxygens (including phenoxy) is 2. The fraction of sp³-hybridized carbons (Fsp3) is 0.235. The number of hydrogen-bond donors (Lipinski definition) is 1. The van der Waals surface area contributed by atoms with Gasteiger partial charge in [0.15, 0.2) is 5.78 Å². The van der Waals surface area contributed by atoms with Crippen LogP contribution in [0.5, 0.6) is 0 Å². The van der Waals surface area contributed by atoms with Crippen molar-refractivity contribution in [1.29, 1.82) is 0 Å². The van der Waals surface area contributed by atoms with E-state index in [-0.39, 0.29) is 19.0 Å². The number of benzene rings is 4. The molecule has 45 heavy (non-hydrogen) atoms. The van der Waals surface area contributed by atoms with E-state index in [0.717, 1.165) is 21.5 Å². The molecular weight excluding hydrogens is 604 g/mol. The number of rotatable bonds is 10. The lowest BCUT2D eigenvalue weighted by atomic mass is 10.2. The highest BCUT2D eigenvalue weighted by Crippen LogP contribution is 2.60. The van der Waals surface area contributed by atoms with Gasteiger partial charge in [-0.3, -0.25) is 10.1 Å². The van der Waals surface area contributed by atoms with Gasteiger partial charge in [-0.15, -0.1) is 0 Å². The highest BCUT2D eigenvalue weighted by molar-refractivity contribution is 7.96. The molecule has 0 fully saturated rings. The van der Waals surface area contributed by atoms with Crippen LogP contribution in [-0.2, 0) is 20.9 Å². The highest BCUT2D eigenvalue weighted by atomic mass is 31.2. The second-order valence-corrected chi connectivity index (χ2v) is 14.7. The Bertz CT molecular complexity index is 1370. The lowest BCUT2D eigenvalue weighted by Crippen LogP contribution is -2.48. The molecule has 0 saturated heterocycles. The molecule has 4 rings (SSSR count). The third-order valence-electron chi connectivity index (χ3n) is 6.50. The van der Waals surface area contributed by atoms with E-state index in [2.05, 4.69) is 41.7 Å². The number of carbonyl (C=O) groups is 2. The molecule has 1 N–H and O–H groups in total. The zero-order chi connectivity index (χ0) is 32.9. The average Bonchev–Trinajstić information content (AvgIpc) is 2.99. The van der Waals surface area contributed by atoms with Crippen molar-refractivity contribution in [3.05, 3.63) is 127 Å². The predicted octanol–water partition coefficient (Wildman–Crippen LogP) is 7.65. The number of carbonyl (C=O) groups excluding carboxylic acids is 2. The minimum absolute atomic E-state index is 0.148. The molecule has 0 heterocycles. The molecule has 0 unspecified atom stereocenters. The summed E-state index contributed by atoms with van der Waals surface area (Å²) >= 11 is 0. The minimum atomic E-state index is -6.00. The molecule has 0 aliphatic heterocycles. The fourth-order valence-corrected chi connectivity index (χ4v) is 9.60. The largest absolute Gasteiger partial charge is 0.673 e. The standard InChI is InChI=1S/C34H36NO4P.BF4/c1-34(2,3)39-32(36)25-24-31(35-33(37)38-26-27-16-8-4-9-17-27)40(28-18-10-5-11-19-28,29-20-12-6-13-21-29)30-22-14-7-15-23-30;2-1(3,4)5/h4-23,31H,24-26H2,1-3H3;/q;-1/p+1/t31-;/m0./s1. The van der Waals surface area contributed by atoms with Crippen molar-refractivity contribution in [2.75, 3.05) is 0 Å². The van der Waals surface area contributed by atoms with Crippen LogP contribution < -0.4 is 21.2 Å². The molecule has 0 spiro atoms. The van der Waals surface area contributed by atoms with Gasteiger partial charge in [0.05, 0.1) is 6.42 Å². The van der Waals surface area contributed by atoms with Crippen molar-refractivity contribution >= 4 is 42.5 Å². The van der Waals surface area contributed by atoms with Crippen molar-refractivity contribution in [3.63, 3.8) is 0 Å². The molecule has 4 aromatic rings. The molecule has 4 aromatic carbocycles. The van der Waals surface area contributed by atoms with E-state index in [9.17, 15) is 26.9 Å². The number of halogens is 4. The minimum Gasteiger partial charge on any atom is -0.460 e. The first-order chi connectivity index (χ1) is 21.3. The number of nitrogens with one attached hydrogen (secondary N) is 1. The van der Waals surface area contributed by atoms with Gasteiger partial charge < -0.3 is 26.7 Å². The van der Waals surface area contributed by atoms with Crippen LogP contribution in [0.15, 0.2) is 121 Å². The van der Waals surface area contributed by atoms with Crippen molar-refractivity contribution in [3.8, 4) is 0 Å². The van der Waals surface area contributed by atoms with Crippen LogP contribution in [0.4, 0.5) is 22.1 Å². The maximum Gasteiger partial charge on any atom is 0.673 e. The summed E-state index contributed by atoms with van der Waals surface area (Å²) in [5, 5.41) is 6.53. The Morgan fingerprint density at radius 3 is 1.47 bits per heavy atom. The van der Waals surface area contributed by atoms with E-state index in [1.807, 2.05) is 106 Å². The van der Waals surface area contributed by atoms with Gasteiger partial charge in [0.2, 0.25) is 0 Å². The fourth-order valence-electron chi connectivity index (χ4n) is 4.89. The molecule has 0 saturated carbocycles. The number of esters is 1. The molecule has 0 aliphatic rings. The summed E-state index contributed by atoms with van der Waals surface area (Å²) in [5.74, 6) is -0.736. The third-order valence-corrected chi connectivity index (χ3v) is 11.2. The van der Waals surface area contributed by atoms with Gasteiger partial charge in [0.1, 0.15) is 35.4 Å². The van der Waals surface area contributed by atoms with Gasteiger partial charge >= 0.3 is 19.3 Å². The highest BCUT2D eigenvalue weighted by Gasteiger charge is 2.53. The number of alkyl carbamates (subject to hydrolysis) is 1. The Morgan fingerprint density at radius 1 is 0.711 bits per heavy atom. The van der Waals surface area contributed by atoms with Gasteiger partial charge in [0, 0.05) is 6.42 Å². The maximum atomic E-state index is 13.4. The van der Waals surface area contributed by atoms with Crippen molar-refractivity contribution in [2.45, 2.75) is 51.6 Å². The van der Waals surface area contributed by atoms with Gasteiger partial charge in [-0.05, 0) is 62.7 Å². The maximum absolute atomic E-state index is 13.4. The van der Waals surface area contributed by atoms with E-state index in [4.69, 9.17) is 9.47 Å². The summed E-state index contributed by atoms with van der Waals surface area (Å²) in [6.45, 7) is 5.73. The third kappa shape index (κ3) is 11.4. The smallest absolute Gasteiger partial charge is 0.460 e. The molecule has 1 amide bonds. The Labute approximate surface area is 262 Å². The van der Waals surface area contributed by atoms with Crippen molar-refractivity contribution in [2.24, 2.45) is 0 Å². The van der Waals surface area contributed by atoms with Crippen LogP contribution in [0, 0.1) is 0 Å². The van der Waals surface area contributed by atoms with Crippen LogP contribution >= 0.6 is 7.26 Å². The Hall–Kier alpha value is -4.17. The van der Waals surface area contributed by atoms with E-state index < -0.39 is 32.0 Å². The van der Waals surface area contributed by atoms with Crippen LogP contribution in [-0.4, -0.2) is 30.7 Å². The summed E-state index contributed by atoms with van der Waals surface area (Å²) in [7, 11) is -8.54. The lowest BCUT2D eigenvalue weighted by molar-refractivity contribution is -0.154. The lowest BCUT2D eigenvalue weighted by Gasteiger charge is -2.35. The quantitative estimate of drug-likeness (QED) is 0.0837. The molecule has 1 atom stereocenters. The Kier molecular flexibility index (Phi) is 12.7. The van der Waals surface area contributed by atoms with Crippen molar-refractivity contribution in [1.82, 2.24) is 5.32 Å². The normalized spacial score (nSPS) is 12.2. The van der Waals surface area contributed by atoms with Crippen LogP contribution in [0.2, 0.25) is 0 Å². The molecule has 0 radical (unpaired) electrons. The first-order valence-electron chi connectivity index (χ1n) is 14.4. The monoisotopic (exact) mass is 641 g/mol. The van der Waals surface area contributed by atoms with Crippen molar-refractivity contribution < 1.29 is 36.3 Å². The second kappa shape index (κ2) is 16.2. The summed E-state index contributed by atoms with van der Waals surface area (Å²) in [6.07, 6.45) is 0.00181. The first kappa shape index (κ1) is 35.3. The van der Waals surface area contributed by atoms with Gasteiger partial charge in [-0.1, -0.05) is 84.9 Å². The van der Waals surface area contributed by atoms with Crippen LogP contribution in [0.25, 0.3) is 0 Å². The van der Waals surface area contributed by atoms with Gasteiger partial charge in [0.25, 0.3) is 0 Å². The average molecular weight is 641 g/mol. The molecule has 0 aromatic heterocycles. The van der Waals surface area contributed by atoms with Gasteiger partial charge in [-0.2, -0.15) is 0 Å². The first-order valence-corrected chi connectivity index (χ1v) is 16.3. The van der Waals surface area contributed by atoms with Crippen LogP contribution in [0.1, 0.15) is 39.2 Å². The van der Waals surface area contributed by atoms with Crippen LogP contribution in [0.3, 0.4) is 0 Å². The van der Waals surface area contributed by atoms with Gasteiger partial charge in [-0.25, -0.2) is 4.79 Å². The molecule has 5 nitrogen and oxygen atoms in total. The number of hydrogen-bond acceptors (Lipinski definition) is 4. The molecule has 238 valence electrons. The number of amides is 1. The summed E-state index contributed by atoms with van der Waals surface area (Å²) in [4.78, 5) is 26.4. The Balaban J connectivity index is 0.00000102. The molecule has 11 heteroatoms. The van der Waals surface area contributed by atoms with E-state index >= 15 is 0 Å². The zero-order valence-corrected chi connectivity index (χ0v) is 26.3. The predicted molar refractivity (Wildman–Crippen MR) is 174 cm³/mol. The topological polar surface area (TPSA) is 64.6 Å². The molecular formula is C34H37BF4NO4P. The SMILES string of the molecule is CC(C)(C)OC(=O)CC[C@@H](NC(=O)OCc1ccccc1)[P+](c1ccccc1)(c1ccccc1)c1ccccc1.F[B-](F)(F)F. The summed E-state index contributed by atoms with van der Waals surface area (Å²) in [6, 6.07) is 40.4.